The van der Waals surface area contributed by atoms with Gasteiger partial charge in [0, 0.05) is 42.2 Å². The minimum absolute atomic E-state index is 0.116. The van der Waals surface area contributed by atoms with E-state index in [-0.39, 0.29) is 35.5 Å². The largest absolute Gasteiger partial charge is 0.488 e. The average molecular weight is 442 g/mol. The molecule has 0 bridgehead atoms. The quantitative estimate of drug-likeness (QED) is 0.443. The standard InChI is InChI=1S/C25H25ClFNO3/c1-15(2)31-24-9-5-17(12-22(24)27)21(20-8-7-19(26)11-16(20)3)13-23(29)18-6-10-25(30)28(4)14-18/h5-12,14-15,21H,13H2,1-4H3. The van der Waals surface area contributed by atoms with Gasteiger partial charge >= 0.3 is 0 Å². The number of aromatic nitrogens is 1. The maximum absolute atomic E-state index is 14.7. The lowest BCUT2D eigenvalue weighted by atomic mass is 9.84. The molecule has 1 heterocycles. The minimum Gasteiger partial charge on any atom is -0.488 e. The maximum Gasteiger partial charge on any atom is 0.250 e. The smallest absolute Gasteiger partial charge is 0.250 e. The molecular formula is C25H25ClFNO3. The lowest BCUT2D eigenvalue weighted by molar-refractivity contribution is 0.0976. The van der Waals surface area contributed by atoms with Crippen LogP contribution >= 0.6 is 11.6 Å². The lowest BCUT2D eigenvalue weighted by Gasteiger charge is -2.21. The van der Waals surface area contributed by atoms with Gasteiger partial charge in [-0.1, -0.05) is 23.7 Å². The molecule has 1 aromatic heterocycles. The molecule has 0 fully saturated rings. The highest BCUT2D eigenvalue weighted by Crippen LogP contribution is 2.34. The Morgan fingerprint density at radius 1 is 1.13 bits per heavy atom. The topological polar surface area (TPSA) is 48.3 Å². The summed E-state index contributed by atoms with van der Waals surface area (Å²) in [5.41, 5.74) is 2.70. The molecule has 0 radical (unpaired) electrons. The van der Waals surface area contributed by atoms with E-state index in [0.29, 0.717) is 16.1 Å². The van der Waals surface area contributed by atoms with Crippen LogP contribution in [0.25, 0.3) is 0 Å². The van der Waals surface area contributed by atoms with Crippen LogP contribution in [0.15, 0.2) is 59.5 Å². The Labute approximate surface area is 186 Å². The zero-order valence-electron chi connectivity index (χ0n) is 18.0. The summed E-state index contributed by atoms with van der Waals surface area (Å²) >= 11 is 6.12. The Bertz CT molecular complexity index is 1170. The number of ketones is 1. The number of nitrogens with zero attached hydrogens (tertiary/aromatic N) is 1. The number of carbonyl (C=O) groups is 1. The molecule has 0 spiro atoms. The molecule has 6 heteroatoms. The number of pyridine rings is 1. The van der Waals surface area contributed by atoms with Crippen molar-refractivity contribution in [1.29, 1.82) is 0 Å². The Hall–Kier alpha value is -2.92. The fourth-order valence-corrected chi connectivity index (χ4v) is 3.81. The highest BCUT2D eigenvalue weighted by atomic mass is 35.5. The highest BCUT2D eigenvalue weighted by molar-refractivity contribution is 6.30. The SMILES string of the molecule is Cc1cc(Cl)ccc1C(CC(=O)c1ccc(=O)n(C)c1)c1ccc(OC(C)C)c(F)c1. The van der Waals surface area contributed by atoms with E-state index in [1.165, 1.54) is 29.0 Å². The number of ether oxygens (including phenoxy) is 1. The van der Waals surface area contributed by atoms with E-state index in [2.05, 4.69) is 0 Å². The fourth-order valence-electron chi connectivity index (χ4n) is 3.58. The number of hydrogen-bond acceptors (Lipinski definition) is 3. The number of hydrogen-bond donors (Lipinski definition) is 0. The molecule has 0 N–H and O–H groups in total. The van der Waals surface area contributed by atoms with E-state index in [1.807, 2.05) is 32.9 Å². The number of carbonyl (C=O) groups excluding carboxylic acids is 1. The summed E-state index contributed by atoms with van der Waals surface area (Å²) in [6, 6.07) is 13.2. The van der Waals surface area contributed by atoms with Crippen molar-refractivity contribution in [3.8, 4) is 5.75 Å². The normalized spacial score (nSPS) is 12.1. The lowest BCUT2D eigenvalue weighted by Crippen LogP contribution is -2.18. The molecule has 0 aliphatic carbocycles. The van der Waals surface area contributed by atoms with Gasteiger partial charge in [0.05, 0.1) is 6.10 Å². The summed E-state index contributed by atoms with van der Waals surface area (Å²) in [6.07, 6.45) is 1.49. The highest BCUT2D eigenvalue weighted by Gasteiger charge is 2.23. The molecule has 162 valence electrons. The second-order valence-corrected chi connectivity index (χ2v) is 8.34. The second-order valence-electron chi connectivity index (χ2n) is 7.90. The van der Waals surface area contributed by atoms with Gasteiger partial charge in [-0.25, -0.2) is 4.39 Å². The molecule has 3 rings (SSSR count). The molecule has 4 nitrogen and oxygen atoms in total. The van der Waals surface area contributed by atoms with Crippen molar-refractivity contribution < 1.29 is 13.9 Å². The van der Waals surface area contributed by atoms with E-state index in [1.54, 1.807) is 25.2 Å². The third kappa shape index (κ3) is 5.42. The average Bonchev–Trinajstić information content (AvgIpc) is 2.70. The predicted molar refractivity (Wildman–Crippen MR) is 121 cm³/mol. The Balaban J connectivity index is 2.03. The van der Waals surface area contributed by atoms with Crippen molar-refractivity contribution in [2.45, 2.75) is 39.2 Å². The first-order chi connectivity index (χ1) is 14.7. The zero-order chi connectivity index (χ0) is 22.7. The van der Waals surface area contributed by atoms with Gasteiger partial charge in [-0.3, -0.25) is 9.59 Å². The van der Waals surface area contributed by atoms with Crippen LogP contribution in [0.1, 0.15) is 53.2 Å². The molecule has 1 atom stereocenters. The molecule has 0 amide bonds. The third-order valence-electron chi connectivity index (χ3n) is 5.13. The van der Waals surface area contributed by atoms with Crippen LogP contribution in [0.2, 0.25) is 5.02 Å². The number of Topliss-reactive ketones (excluding diaryl/α,β-unsaturated/α-hetero) is 1. The van der Waals surface area contributed by atoms with E-state index < -0.39 is 5.82 Å². The van der Waals surface area contributed by atoms with E-state index in [0.717, 1.165) is 11.1 Å². The first-order valence-electron chi connectivity index (χ1n) is 10.1. The van der Waals surface area contributed by atoms with Crippen LogP contribution in [0.4, 0.5) is 4.39 Å². The van der Waals surface area contributed by atoms with Crippen molar-refractivity contribution in [3.05, 3.63) is 98.2 Å². The number of halogens is 2. The molecule has 1 unspecified atom stereocenters. The van der Waals surface area contributed by atoms with Gasteiger partial charge in [0.25, 0.3) is 0 Å². The van der Waals surface area contributed by atoms with Gasteiger partial charge in [-0.2, -0.15) is 0 Å². The Kier molecular flexibility index (Phi) is 6.96. The summed E-state index contributed by atoms with van der Waals surface area (Å²) in [5, 5.41) is 0.594. The number of rotatable bonds is 7. The van der Waals surface area contributed by atoms with Gasteiger partial charge in [-0.15, -0.1) is 0 Å². The minimum atomic E-state index is -0.475. The van der Waals surface area contributed by atoms with Crippen LogP contribution in [0.3, 0.4) is 0 Å². The van der Waals surface area contributed by atoms with Crippen molar-refractivity contribution in [1.82, 2.24) is 4.57 Å². The predicted octanol–water partition coefficient (Wildman–Crippen LogP) is 5.68. The summed E-state index contributed by atoms with van der Waals surface area (Å²) in [5.74, 6) is -0.824. The van der Waals surface area contributed by atoms with Gasteiger partial charge in [0.1, 0.15) is 0 Å². The van der Waals surface area contributed by atoms with Gasteiger partial charge in [-0.05, 0) is 67.8 Å². The van der Waals surface area contributed by atoms with E-state index in [4.69, 9.17) is 16.3 Å². The number of benzene rings is 2. The van der Waals surface area contributed by atoms with Gasteiger partial charge < -0.3 is 9.30 Å². The fraction of sp³-hybridized carbons (Fsp3) is 0.280. The summed E-state index contributed by atoms with van der Waals surface area (Å²) < 4.78 is 21.6. The molecular weight excluding hydrogens is 417 g/mol. The third-order valence-corrected chi connectivity index (χ3v) is 5.36. The summed E-state index contributed by atoms with van der Waals surface area (Å²) in [4.78, 5) is 24.7. The van der Waals surface area contributed by atoms with Crippen molar-refractivity contribution in [3.63, 3.8) is 0 Å². The van der Waals surface area contributed by atoms with Crippen LogP contribution in [0.5, 0.6) is 5.75 Å². The van der Waals surface area contributed by atoms with Gasteiger partial charge in [0.2, 0.25) is 5.56 Å². The van der Waals surface area contributed by atoms with E-state index in [9.17, 15) is 14.0 Å². The molecule has 2 aromatic carbocycles. The monoisotopic (exact) mass is 441 g/mol. The molecule has 0 saturated carbocycles. The van der Waals surface area contributed by atoms with Crippen LogP contribution in [-0.2, 0) is 7.05 Å². The van der Waals surface area contributed by atoms with E-state index >= 15 is 0 Å². The Morgan fingerprint density at radius 3 is 2.48 bits per heavy atom. The first-order valence-corrected chi connectivity index (χ1v) is 10.5. The van der Waals surface area contributed by atoms with Crippen molar-refractivity contribution in [2.24, 2.45) is 7.05 Å². The van der Waals surface area contributed by atoms with Gasteiger partial charge in [0.15, 0.2) is 17.3 Å². The molecule has 31 heavy (non-hydrogen) atoms. The van der Waals surface area contributed by atoms with Crippen LogP contribution in [-0.4, -0.2) is 16.5 Å². The summed E-state index contributed by atoms with van der Waals surface area (Å²) in [6.45, 7) is 5.58. The number of aryl methyl sites for hydroxylation is 2. The molecule has 3 aromatic rings. The molecule has 0 aliphatic rings. The van der Waals surface area contributed by atoms with Crippen LogP contribution in [0, 0.1) is 12.7 Å². The van der Waals surface area contributed by atoms with Crippen molar-refractivity contribution >= 4 is 17.4 Å². The second kappa shape index (κ2) is 9.48. The maximum atomic E-state index is 14.7. The van der Waals surface area contributed by atoms with Crippen LogP contribution < -0.4 is 10.3 Å². The summed E-state index contributed by atoms with van der Waals surface area (Å²) in [7, 11) is 1.60. The Morgan fingerprint density at radius 2 is 1.87 bits per heavy atom. The zero-order valence-corrected chi connectivity index (χ0v) is 18.7. The molecule has 0 aliphatic heterocycles. The van der Waals surface area contributed by atoms with Crippen molar-refractivity contribution in [2.75, 3.05) is 0 Å². The molecule has 0 saturated heterocycles. The first kappa shape index (κ1) is 22.8.